The van der Waals surface area contributed by atoms with Crippen LogP contribution in [-0.4, -0.2) is 0 Å². The highest BCUT2D eigenvalue weighted by Gasteiger charge is 2.36. The van der Waals surface area contributed by atoms with Crippen molar-refractivity contribution in [2.45, 2.75) is 79.1 Å². The number of allylic oxidation sites excluding steroid dienone is 5. The second-order valence-corrected chi connectivity index (χ2v) is 11.5. The Morgan fingerprint density at radius 1 is 0.946 bits per heavy atom. The fourth-order valence-corrected chi connectivity index (χ4v) is 6.17. The summed E-state index contributed by atoms with van der Waals surface area (Å²) in [6.07, 6.45) is 9.43. The summed E-state index contributed by atoms with van der Waals surface area (Å²) in [5.74, 6) is 0.586. The lowest BCUT2D eigenvalue weighted by molar-refractivity contribution is 0.282. The van der Waals surface area contributed by atoms with Gasteiger partial charge in [0.2, 0.25) is 0 Å². The third kappa shape index (κ3) is 6.61. The van der Waals surface area contributed by atoms with Crippen LogP contribution in [0.15, 0.2) is 108 Å². The van der Waals surface area contributed by atoms with Gasteiger partial charge in [0.15, 0.2) is 0 Å². The van der Waals surface area contributed by atoms with Crippen molar-refractivity contribution in [3.05, 3.63) is 125 Å². The van der Waals surface area contributed by atoms with Crippen LogP contribution in [0.5, 0.6) is 0 Å². The molecule has 0 N–H and O–H groups in total. The fraction of sp³-hybridized carbons (Fsp3) is 0.351. The summed E-state index contributed by atoms with van der Waals surface area (Å²) in [6.45, 7) is 15.7. The average molecular weight is 489 g/mol. The van der Waals surface area contributed by atoms with E-state index < -0.39 is 0 Å². The first-order chi connectivity index (χ1) is 17.8. The first-order valence-corrected chi connectivity index (χ1v) is 14.1. The quantitative estimate of drug-likeness (QED) is 0.263. The predicted octanol–water partition coefficient (Wildman–Crippen LogP) is 11.0. The Morgan fingerprint density at radius 2 is 1.68 bits per heavy atom. The Balaban J connectivity index is 1.67. The van der Waals surface area contributed by atoms with Crippen LogP contribution in [0, 0.1) is 5.41 Å². The minimum absolute atomic E-state index is 0.160. The highest BCUT2D eigenvalue weighted by molar-refractivity contribution is 5.73. The summed E-state index contributed by atoms with van der Waals surface area (Å²) in [4.78, 5) is 0. The van der Waals surface area contributed by atoms with Gasteiger partial charge in [-0.1, -0.05) is 104 Å². The number of rotatable bonds is 9. The molecule has 2 unspecified atom stereocenters. The van der Waals surface area contributed by atoms with E-state index in [2.05, 4.69) is 126 Å². The van der Waals surface area contributed by atoms with E-state index in [9.17, 15) is 0 Å². The first kappa shape index (κ1) is 26.9. The average Bonchev–Trinajstić information content (AvgIpc) is 2.91. The molecule has 2 atom stereocenters. The van der Waals surface area contributed by atoms with Gasteiger partial charge in [0.05, 0.1) is 0 Å². The summed E-state index contributed by atoms with van der Waals surface area (Å²) in [7, 11) is 0. The molecule has 1 aliphatic carbocycles. The molecule has 0 saturated heterocycles. The van der Waals surface area contributed by atoms with E-state index in [0.717, 1.165) is 19.3 Å². The van der Waals surface area contributed by atoms with Gasteiger partial charge in [-0.05, 0) is 116 Å². The highest BCUT2D eigenvalue weighted by atomic mass is 14.4. The van der Waals surface area contributed by atoms with Crippen LogP contribution in [0.3, 0.4) is 0 Å². The minimum Gasteiger partial charge on any atom is -0.100 e. The van der Waals surface area contributed by atoms with Gasteiger partial charge >= 0.3 is 0 Å². The minimum atomic E-state index is 0.160. The van der Waals surface area contributed by atoms with Crippen LogP contribution >= 0.6 is 0 Å². The summed E-state index contributed by atoms with van der Waals surface area (Å²) in [5, 5.41) is 0. The highest BCUT2D eigenvalue weighted by Crippen LogP contribution is 2.51. The molecule has 4 rings (SSSR count). The molecule has 0 heteroatoms. The van der Waals surface area contributed by atoms with E-state index in [1.807, 2.05) is 0 Å². The molecule has 0 aliphatic heterocycles. The van der Waals surface area contributed by atoms with Crippen molar-refractivity contribution in [1.29, 1.82) is 0 Å². The van der Waals surface area contributed by atoms with E-state index in [0.29, 0.717) is 5.92 Å². The summed E-state index contributed by atoms with van der Waals surface area (Å²) < 4.78 is 0. The van der Waals surface area contributed by atoms with Crippen LogP contribution in [0.4, 0.5) is 0 Å². The van der Waals surface area contributed by atoms with Crippen molar-refractivity contribution in [2.24, 2.45) is 5.41 Å². The molecule has 0 amide bonds. The van der Waals surface area contributed by atoms with Crippen molar-refractivity contribution in [1.82, 2.24) is 0 Å². The molecule has 0 saturated carbocycles. The van der Waals surface area contributed by atoms with Crippen LogP contribution in [0.1, 0.15) is 89.3 Å². The molecule has 0 spiro atoms. The SMILES string of the molecule is C=C(C)CCCC1(C)CC(c2ccccc2)CC(C)=C1/C=C(\C)c1cccc(-c2ccc(CC)cc2)c1. The maximum atomic E-state index is 4.16. The third-order valence-electron chi connectivity index (χ3n) is 8.34. The van der Waals surface area contributed by atoms with Crippen molar-refractivity contribution < 1.29 is 0 Å². The van der Waals surface area contributed by atoms with E-state index in [-0.39, 0.29) is 5.41 Å². The van der Waals surface area contributed by atoms with E-state index in [4.69, 9.17) is 0 Å². The zero-order chi connectivity index (χ0) is 26.4. The Bertz CT molecular complexity index is 1270. The zero-order valence-corrected chi connectivity index (χ0v) is 23.6. The van der Waals surface area contributed by atoms with Crippen molar-refractivity contribution in [3.8, 4) is 11.1 Å². The van der Waals surface area contributed by atoms with Gasteiger partial charge in [-0.15, -0.1) is 6.58 Å². The third-order valence-corrected chi connectivity index (χ3v) is 8.34. The van der Waals surface area contributed by atoms with Crippen molar-refractivity contribution >= 4 is 5.57 Å². The molecular formula is C37H44. The summed E-state index contributed by atoms with van der Waals surface area (Å²) in [6, 6.07) is 29.2. The first-order valence-electron chi connectivity index (χ1n) is 14.1. The van der Waals surface area contributed by atoms with Gasteiger partial charge in [0.25, 0.3) is 0 Å². The lowest BCUT2D eigenvalue weighted by Gasteiger charge is -2.41. The Labute approximate surface area is 225 Å². The van der Waals surface area contributed by atoms with E-state index >= 15 is 0 Å². The Kier molecular flexibility index (Phi) is 8.70. The molecule has 0 heterocycles. The number of hydrogen-bond donors (Lipinski definition) is 0. The van der Waals surface area contributed by atoms with Gasteiger partial charge < -0.3 is 0 Å². The standard InChI is InChI=1S/C37H44/c1-7-30-18-20-32(21-19-30)34-17-11-16-33(25-34)28(4)24-36-29(5)23-35(31-14-9-8-10-15-31)26-37(36,6)22-12-13-27(2)3/h8-11,14-21,24-25,35H,2,7,12-13,22-23,26H2,1,3-6H3/b28-24+. The second-order valence-electron chi connectivity index (χ2n) is 11.5. The molecule has 3 aromatic rings. The van der Waals surface area contributed by atoms with Gasteiger partial charge in [0.1, 0.15) is 0 Å². The molecule has 0 aromatic heterocycles. The fourth-order valence-electron chi connectivity index (χ4n) is 6.17. The van der Waals surface area contributed by atoms with Crippen LogP contribution in [-0.2, 0) is 6.42 Å². The molecule has 1 aliphatic rings. The topological polar surface area (TPSA) is 0 Å². The van der Waals surface area contributed by atoms with Crippen LogP contribution < -0.4 is 0 Å². The number of aryl methyl sites for hydroxylation is 1. The maximum absolute atomic E-state index is 4.16. The number of hydrogen-bond acceptors (Lipinski definition) is 0. The lowest BCUT2D eigenvalue weighted by atomic mass is 9.63. The van der Waals surface area contributed by atoms with Crippen LogP contribution in [0.2, 0.25) is 0 Å². The largest absolute Gasteiger partial charge is 0.100 e. The number of benzene rings is 3. The molecule has 3 aromatic carbocycles. The van der Waals surface area contributed by atoms with Crippen molar-refractivity contribution in [3.63, 3.8) is 0 Å². The molecular weight excluding hydrogens is 444 g/mol. The van der Waals surface area contributed by atoms with Gasteiger partial charge in [-0.3, -0.25) is 0 Å². The summed E-state index contributed by atoms with van der Waals surface area (Å²) >= 11 is 0. The van der Waals surface area contributed by atoms with E-state index in [1.54, 1.807) is 11.1 Å². The van der Waals surface area contributed by atoms with Gasteiger partial charge in [-0.25, -0.2) is 0 Å². The van der Waals surface area contributed by atoms with Gasteiger partial charge in [-0.2, -0.15) is 0 Å². The smallest absolute Gasteiger partial charge is 0.00697 e. The van der Waals surface area contributed by atoms with E-state index in [1.165, 1.54) is 58.2 Å². The van der Waals surface area contributed by atoms with Crippen molar-refractivity contribution in [2.75, 3.05) is 0 Å². The van der Waals surface area contributed by atoms with Gasteiger partial charge in [0, 0.05) is 0 Å². The second kappa shape index (κ2) is 12.0. The molecule has 37 heavy (non-hydrogen) atoms. The predicted molar refractivity (Wildman–Crippen MR) is 163 cm³/mol. The zero-order valence-electron chi connectivity index (χ0n) is 23.6. The molecule has 0 bridgehead atoms. The Morgan fingerprint density at radius 3 is 2.35 bits per heavy atom. The Hall–Kier alpha value is -3.12. The lowest BCUT2D eigenvalue weighted by Crippen LogP contribution is -2.27. The molecule has 192 valence electrons. The molecule has 0 fully saturated rings. The van der Waals surface area contributed by atoms with Crippen LogP contribution in [0.25, 0.3) is 16.7 Å². The monoisotopic (exact) mass is 488 g/mol. The molecule has 0 nitrogen and oxygen atoms in total. The maximum Gasteiger partial charge on any atom is -0.00697 e. The molecule has 0 radical (unpaired) electrons. The summed E-state index contributed by atoms with van der Waals surface area (Å²) in [5.41, 5.74) is 12.7. The normalized spacial score (nSPS) is 20.2.